The smallest absolute Gasteiger partial charge is 0.657 e. The summed E-state index contributed by atoms with van der Waals surface area (Å²) in [5, 5.41) is 0. The van der Waals surface area contributed by atoms with Crippen LogP contribution in [0.5, 0.6) is 0 Å². The van der Waals surface area contributed by atoms with Crippen LogP contribution in [0.2, 0.25) is 0 Å². The Morgan fingerprint density at radius 1 is 0.250 bits per heavy atom. The SMILES string of the molecule is CC(C)(C)c1cc(-c2c3nc(c(C=Nc4c5nc(c(-c6cc(C(C)(C)C)cc(C(C)(C)C)c6)c6ccc(cc7nc(c(-c8cc(C(C)(C)C)cc(C(C)(C)C)c8)c8ccc4[n-]8)C=C7)[n-]6)C=C5)c4ccc([n-]4)c(-c4cc(C(C)(C)C)cc(C(C)(C)C)c4)c4nc(cc5ccc2[n-]5)C=C4)C=C3)cc(C(C)(C)C)c1.[Zn+2].[Zn+2]. The van der Waals surface area contributed by atoms with E-state index < -0.39 is 0 Å². The molecule has 14 rings (SSSR count). The summed E-state index contributed by atoms with van der Waals surface area (Å²) in [5.74, 6) is 0. The van der Waals surface area contributed by atoms with Gasteiger partial charge in [-0.2, -0.15) is 0 Å². The van der Waals surface area contributed by atoms with Crippen LogP contribution in [0.4, 0.5) is 5.69 Å². The topological polar surface area (TPSA) is 120 Å². The predicted molar refractivity (Wildman–Crippen MR) is 452 cm³/mol. The molecule has 10 heterocycles. The molecular weight excluding hydrogens is 1420 g/mol. The van der Waals surface area contributed by atoms with Crippen LogP contribution in [-0.2, 0) is 82.3 Å². The zero-order valence-electron chi connectivity index (χ0n) is 68.3. The fourth-order valence-corrected chi connectivity index (χ4v) is 14.2. The maximum atomic E-state index is 5.79. The summed E-state index contributed by atoms with van der Waals surface area (Å²) in [6.45, 7) is 54.8. The van der Waals surface area contributed by atoms with Crippen molar-refractivity contribution >= 4 is 105 Å². The van der Waals surface area contributed by atoms with E-state index in [9.17, 15) is 0 Å². The van der Waals surface area contributed by atoms with Gasteiger partial charge in [0.2, 0.25) is 0 Å². The molecule has 108 heavy (non-hydrogen) atoms. The average molecular weight is 1530 g/mol. The van der Waals surface area contributed by atoms with Crippen molar-refractivity contribution in [1.29, 1.82) is 0 Å². The minimum absolute atomic E-state index is 0. The quantitative estimate of drug-likeness (QED) is 0.119. The van der Waals surface area contributed by atoms with E-state index in [0.717, 1.165) is 112 Å². The number of fused-ring (bicyclic) bond motifs is 16. The molecular formula is C97H103N9Zn2. The molecule has 9 nitrogen and oxygen atoms in total. The molecule has 10 aromatic rings. The first-order valence-electron chi connectivity index (χ1n) is 37.7. The van der Waals surface area contributed by atoms with E-state index in [4.69, 9.17) is 44.9 Å². The number of aliphatic imine (C=N–C) groups is 1. The zero-order valence-corrected chi connectivity index (χ0v) is 74.3. The van der Waals surface area contributed by atoms with Crippen molar-refractivity contribution in [2.45, 2.75) is 209 Å². The third-order valence-electron chi connectivity index (χ3n) is 21.0. The van der Waals surface area contributed by atoms with Crippen molar-refractivity contribution in [3.05, 3.63) is 229 Å². The normalized spacial score (nSPS) is 13.6. The Hall–Kier alpha value is -9.00. The summed E-state index contributed by atoms with van der Waals surface area (Å²) in [7, 11) is 0. The Morgan fingerprint density at radius 3 is 0.833 bits per heavy atom. The van der Waals surface area contributed by atoms with E-state index in [2.05, 4.69) is 348 Å². The largest absolute Gasteiger partial charge is 2.00 e. The molecule has 540 valence electrons. The molecule has 0 saturated carbocycles. The number of benzene rings is 4. The molecule has 0 atom stereocenters. The molecule has 6 aromatic heterocycles. The molecule has 16 bridgehead atoms. The second-order valence-corrected chi connectivity index (χ2v) is 37.9. The average Bonchev–Trinajstić information content (AvgIpc) is 1.51. The van der Waals surface area contributed by atoms with E-state index in [0.29, 0.717) is 33.7 Å². The molecule has 0 fully saturated rings. The van der Waals surface area contributed by atoms with Gasteiger partial charge in [0.05, 0.1) is 51.2 Å². The Balaban J connectivity index is 0.00000545. The standard InChI is InChI=1S/C97H103N9.2Zn/c1-90(2,3)60-41-56(42-61(49-60)91(4,5)6)85-75-29-25-68(99-75)53-69-26-30-76(100-69)86(57-43-62(92(7,8)9)50-63(44-57)93(10,11)12)80-36-34-74(104-80)72(73-33-35-79(85)103-73)55-98-89-83-39-37-81(105-83)87(58-45-64(94(13,14)15)51-65(46-58)95(16,17)18)77-31-27-70(101-77)54-71-28-32-78(102-71)88(82-38-40-84(89)106-82)59-47-66(96(19,20)21)52-67(48-59)97(22,23)24;;/h25-55H,1-24H3;;/q-4;2*+2. The summed E-state index contributed by atoms with van der Waals surface area (Å²) < 4.78 is 0. The molecule has 0 amide bonds. The fourth-order valence-electron chi connectivity index (χ4n) is 14.2. The first kappa shape index (κ1) is 78.6. The summed E-state index contributed by atoms with van der Waals surface area (Å²) in [6, 6.07) is 49.3. The molecule has 0 radical (unpaired) electrons. The number of rotatable bonds is 6. The van der Waals surface area contributed by atoms with E-state index >= 15 is 0 Å². The number of aromatic nitrogens is 8. The van der Waals surface area contributed by atoms with Crippen LogP contribution in [0, 0.1) is 0 Å². The van der Waals surface area contributed by atoms with Gasteiger partial charge in [0, 0.05) is 11.8 Å². The molecule has 4 aliphatic heterocycles. The second kappa shape index (κ2) is 28.1. The molecule has 0 spiro atoms. The van der Waals surface area contributed by atoms with Crippen LogP contribution in [-0.4, -0.2) is 26.2 Å². The molecule has 0 unspecified atom stereocenters. The second-order valence-electron chi connectivity index (χ2n) is 37.9. The Labute approximate surface area is 666 Å². The minimum Gasteiger partial charge on any atom is -0.657 e. The van der Waals surface area contributed by atoms with Crippen molar-refractivity contribution in [2.75, 3.05) is 0 Å². The third kappa shape index (κ3) is 16.0. The molecule has 0 saturated heterocycles. The van der Waals surface area contributed by atoms with E-state index in [1.165, 1.54) is 44.5 Å². The monoisotopic (exact) mass is 1520 g/mol. The minimum atomic E-state index is -0.156. The van der Waals surface area contributed by atoms with Gasteiger partial charge >= 0.3 is 39.0 Å². The van der Waals surface area contributed by atoms with Crippen molar-refractivity contribution in [2.24, 2.45) is 4.99 Å². The summed E-state index contributed by atoms with van der Waals surface area (Å²) >= 11 is 0. The van der Waals surface area contributed by atoms with Gasteiger partial charge in [-0.3, -0.25) is 4.99 Å². The number of hydrogen-bond donors (Lipinski definition) is 0. The van der Waals surface area contributed by atoms with Gasteiger partial charge in [-0.15, -0.1) is 44.1 Å². The van der Waals surface area contributed by atoms with Gasteiger partial charge in [0.25, 0.3) is 0 Å². The molecule has 4 aromatic carbocycles. The van der Waals surface area contributed by atoms with E-state index in [1.54, 1.807) is 0 Å². The fraction of sp³-hybridized carbons (Fsp3) is 0.330. The van der Waals surface area contributed by atoms with Crippen LogP contribution < -0.4 is 19.9 Å². The van der Waals surface area contributed by atoms with Crippen molar-refractivity contribution in [3.8, 4) is 44.5 Å². The van der Waals surface area contributed by atoms with Crippen LogP contribution in [0.1, 0.15) is 262 Å². The zero-order chi connectivity index (χ0) is 75.9. The predicted octanol–water partition coefficient (Wildman–Crippen LogP) is 24.9. The first-order valence-corrected chi connectivity index (χ1v) is 37.7. The van der Waals surface area contributed by atoms with Gasteiger partial charge in [0.1, 0.15) is 0 Å². The van der Waals surface area contributed by atoms with Crippen molar-refractivity contribution < 1.29 is 39.0 Å². The maximum absolute atomic E-state index is 5.79. The van der Waals surface area contributed by atoms with Crippen molar-refractivity contribution in [3.63, 3.8) is 0 Å². The van der Waals surface area contributed by atoms with Crippen molar-refractivity contribution in [1.82, 2.24) is 39.9 Å². The summed E-state index contributed by atoms with van der Waals surface area (Å²) in [6.07, 6.45) is 18.9. The molecule has 4 aliphatic rings. The van der Waals surface area contributed by atoms with Crippen LogP contribution in [0.25, 0.3) is 137 Å². The van der Waals surface area contributed by atoms with Crippen LogP contribution >= 0.6 is 0 Å². The number of nitrogens with zero attached hydrogens (tertiary/aromatic N) is 9. The van der Waals surface area contributed by atoms with Gasteiger partial charge in [-0.05, 0) is 181 Å². The summed E-state index contributed by atoms with van der Waals surface area (Å²) in [4.78, 5) is 50.7. The van der Waals surface area contributed by atoms with Gasteiger partial charge < -0.3 is 19.9 Å². The Kier molecular flexibility index (Phi) is 20.5. The molecule has 11 heteroatoms. The van der Waals surface area contributed by atoms with Crippen LogP contribution in [0.3, 0.4) is 0 Å². The Bertz CT molecular complexity index is 5160. The summed E-state index contributed by atoms with van der Waals surface area (Å²) in [5.41, 5.74) is 30.0. The molecule has 0 aliphatic carbocycles. The first-order chi connectivity index (χ1) is 49.5. The van der Waals surface area contributed by atoms with E-state index in [1.807, 2.05) is 6.21 Å². The van der Waals surface area contributed by atoms with Gasteiger partial charge in [0.15, 0.2) is 0 Å². The van der Waals surface area contributed by atoms with E-state index in [-0.39, 0.29) is 82.3 Å². The van der Waals surface area contributed by atoms with Gasteiger partial charge in [-0.1, -0.05) is 300 Å². The molecule has 0 N–H and O–H groups in total. The van der Waals surface area contributed by atoms with Gasteiger partial charge in [-0.25, -0.2) is 19.9 Å². The number of hydrogen-bond acceptors (Lipinski definition) is 5. The Morgan fingerprint density at radius 2 is 0.500 bits per heavy atom. The third-order valence-corrected chi connectivity index (χ3v) is 21.0. The van der Waals surface area contributed by atoms with Crippen LogP contribution in [0.15, 0.2) is 138 Å². The maximum Gasteiger partial charge on any atom is 2.00 e.